The first-order valence-corrected chi connectivity index (χ1v) is 8.84. The van der Waals surface area contributed by atoms with Crippen LogP contribution < -0.4 is 5.73 Å². The summed E-state index contributed by atoms with van der Waals surface area (Å²) in [5, 5.41) is 0. The van der Waals surface area contributed by atoms with Crippen molar-refractivity contribution in [3.8, 4) is 0 Å². The lowest BCUT2D eigenvalue weighted by molar-refractivity contribution is -0.145. The number of nitrogens with two attached hydrogens (primary N) is 1. The lowest BCUT2D eigenvalue weighted by atomic mass is 9.74. The van der Waals surface area contributed by atoms with E-state index in [1.807, 2.05) is 0 Å². The van der Waals surface area contributed by atoms with Crippen molar-refractivity contribution in [2.24, 2.45) is 11.1 Å². The second-order valence-electron chi connectivity index (χ2n) is 7.09. The minimum atomic E-state index is -0.0815. The van der Waals surface area contributed by atoms with E-state index in [1.54, 1.807) is 0 Å². The van der Waals surface area contributed by atoms with Gasteiger partial charge in [0.25, 0.3) is 0 Å². The van der Waals surface area contributed by atoms with Crippen LogP contribution in [0.3, 0.4) is 0 Å². The van der Waals surface area contributed by atoms with Gasteiger partial charge in [-0.1, -0.05) is 33.1 Å². The van der Waals surface area contributed by atoms with Gasteiger partial charge in [-0.2, -0.15) is 0 Å². The van der Waals surface area contributed by atoms with Crippen LogP contribution in [0.4, 0.5) is 0 Å². The number of hydrogen-bond donors (Lipinski definition) is 1. The first-order chi connectivity index (χ1) is 10.1. The smallest absolute Gasteiger partial charge is 0.228 e. The maximum Gasteiger partial charge on any atom is 0.228 e. The van der Waals surface area contributed by atoms with E-state index in [0.29, 0.717) is 11.9 Å². The normalized spacial score (nSPS) is 24.8. The zero-order valence-electron chi connectivity index (χ0n) is 13.9. The molecule has 0 aromatic rings. The molecule has 1 saturated heterocycles. The molecule has 21 heavy (non-hydrogen) atoms. The summed E-state index contributed by atoms with van der Waals surface area (Å²) in [5.74, 6) is 0.411. The van der Waals surface area contributed by atoms with Gasteiger partial charge in [-0.3, -0.25) is 9.69 Å². The molecule has 1 aliphatic carbocycles. The summed E-state index contributed by atoms with van der Waals surface area (Å²) < 4.78 is 0. The number of carbonyl (C=O) groups excluding carboxylic acids is 1. The van der Waals surface area contributed by atoms with Gasteiger partial charge < -0.3 is 10.6 Å². The van der Waals surface area contributed by atoms with Gasteiger partial charge in [0.05, 0.1) is 0 Å². The minimum Gasteiger partial charge on any atom is -0.340 e. The number of nitrogens with zero attached hydrogens (tertiary/aromatic N) is 2. The number of amides is 1. The molecule has 0 bridgehead atoms. The van der Waals surface area contributed by atoms with E-state index in [2.05, 4.69) is 23.6 Å². The highest BCUT2D eigenvalue weighted by atomic mass is 16.2. The Balaban J connectivity index is 1.86. The quantitative estimate of drug-likeness (QED) is 0.846. The number of piperazine rings is 1. The lowest BCUT2D eigenvalue weighted by Gasteiger charge is -2.43. The molecule has 1 aliphatic heterocycles. The predicted octanol–water partition coefficient (Wildman–Crippen LogP) is 2.23. The van der Waals surface area contributed by atoms with Crippen LogP contribution in [0.1, 0.15) is 58.8 Å². The van der Waals surface area contributed by atoms with Crippen LogP contribution in [0.15, 0.2) is 0 Å². The fourth-order valence-electron chi connectivity index (χ4n) is 4.06. The molecule has 4 heteroatoms. The molecule has 1 saturated carbocycles. The molecule has 1 amide bonds. The van der Waals surface area contributed by atoms with Crippen LogP contribution in [0.25, 0.3) is 0 Å². The average molecular weight is 295 g/mol. The molecule has 0 aromatic carbocycles. The molecule has 1 heterocycles. The second kappa shape index (κ2) is 7.59. The van der Waals surface area contributed by atoms with Gasteiger partial charge in [0.2, 0.25) is 5.91 Å². The van der Waals surface area contributed by atoms with Crippen molar-refractivity contribution in [1.82, 2.24) is 9.80 Å². The second-order valence-corrected chi connectivity index (χ2v) is 7.09. The van der Waals surface area contributed by atoms with Crippen molar-refractivity contribution >= 4 is 5.91 Å². The Morgan fingerprint density at radius 1 is 1.14 bits per heavy atom. The van der Waals surface area contributed by atoms with Crippen molar-refractivity contribution < 1.29 is 4.79 Å². The maximum absolute atomic E-state index is 12.8. The Morgan fingerprint density at radius 2 is 1.76 bits per heavy atom. The van der Waals surface area contributed by atoms with Gasteiger partial charge in [0.1, 0.15) is 0 Å². The predicted molar refractivity (Wildman–Crippen MR) is 87.1 cm³/mol. The SMILES string of the molecule is CCC(CCN)N1CCN(C(=O)C2(C)CCCCC2)CC1. The van der Waals surface area contributed by atoms with Crippen LogP contribution in [0, 0.1) is 5.41 Å². The summed E-state index contributed by atoms with van der Waals surface area (Å²) in [6.45, 7) is 9.01. The molecule has 0 spiro atoms. The van der Waals surface area contributed by atoms with Crippen molar-refractivity contribution in [1.29, 1.82) is 0 Å². The molecule has 2 fully saturated rings. The molecule has 0 aromatic heterocycles. The van der Waals surface area contributed by atoms with Gasteiger partial charge in [-0.25, -0.2) is 0 Å². The highest BCUT2D eigenvalue weighted by Crippen LogP contribution is 2.37. The molecule has 2 aliphatic rings. The molecule has 0 radical (unpaired) electrons. The Hall–Kier alpha value is -0.610. The largest absolute Gasteiger partial charge is 0.340 e. The first kappa shape index (κ1) is 16.8. The highest BCUT2D eigenvalue weighted by Gasteiger charge is 2.38. The Kier molecular flexibility index (Phi) is 6.06. The van der Waals surface area contributed by atoms with E-state index in [0.717, 1.165) is 58.4 Å². The van der Waals surface area contributed by atoms with Gasteiger partial charge in [0.15, 0.2) is 0 Å². The third-order valence-electron chi connectivity index (χ3n) is 5.56. The number of carbonyl (C=O) groups is 1. The van der Waals surface area contributed by atoms with E-state index >= 15 is 0 Å². The van der Waals surface area contributed by atoms with Crippen LogP contribution in [-0.4, -0.2) is 54.5 Å². The van der Waals surface area contributed by atoms with E-state index in [4.69, 9.17) is 5.73 Å². The Bertz CT molecular complexity index is 331. The summed E-state index contributed by atoms with van der Waals surface area (Å²) in [4.78, 5) is 17.5. The molecule has 2 rings (SSSR count). The van der Waals surface area contributed by atoms with Crippen molar-refractivity contribution in [2.75, 3.05) is 32.7 Å². The van der Waals surface area contributed by atoms with E-state index < -0.39 is 0 Å². The molecular weight excluding hydrogens is 262 g/mol. The van der Waals surface area contributed by atoms with E-state index in [-0.39, 0.29) is 5.41 Å². The molecule has 1 unspecified atom stereocenters. The monoisotopic (exact) mass is 295 g/mol. The minimum absolute atomic E-state index is 0.0815. The van der Waals surface area contributed by atoms with Crippen molar-refractivity contribution in [2.45, 2.75) is 64.8 Å². The Labute approximate surface area is 130 Å². The molecule has 2 N–H and O–H groups in total. The van der Waals surface area contributed by atoms with E-state index in [9.17, 15) is 4.79 Å². The van der Waals surface area contributed by atoms with Gasteiger partial charge in [0, 0.05) is 37.6 Å². The number of hydrogen-bond acceptors (Lipinski definition) is 3. The van der Waals surface area contributed by atoms with Crippen LogP contribution in [0.5, 0.6) is 0 Å². The summed E-state index contributed by atoms with van der Waals surface area (Å²) in [7, 11) is 0. The average Bonchev–Trinajstić information content (AvgIpc) is 2.53. The van der Waals surface area contributed by atoms with Crippen molar-refractivity contribution in [3.05, 3.63) is 0 Å². The van der Waals surface area contributed by atoms with Crippen LogP contribution in [-0.2, 0) is 4.79 Å². The maximum atomic E-state index is 12.8. The van der Waals surface area contributed by atoms with Crippen molar-refractivity contribution in [3.63, 3.8) is 0 Å². The third-order valence-corrected chi connectivity index (χ3v) is 5.56. The summed E-state index contributed by atoms with van der Waals surface area (Å²) >= 11 is 0. The third kappa shape index (κ3) is 3.98. The fourth-order valence-corrected chi connectivity index (χ4v) is 4.06. The first-order valence-electron chi connectivity index (χ1n) is 8.84. The van der Waals surface area contributed by atoms with Gasteiger partial charge in [-0.05, 0) is 32.2 Å². The zero-order valence-corrected chi connectivity index (χ0v) is 13.9. The molecule has 4 nitrogen and oxygen atoms in total. The molecular formula is C17H33N3O. The van der Waals surface area contributed by atoms with Crippen LogP contribution in [0.2, 0.25) is 0 Å². The summed E-state index contributed by atoms with van der Waals surface area (Å²) in [6, 6.07) is 0.595. The Morgan fingerprint density at radius 3 is 2.29 bits per heavy atom. The van der Waals surface area contributed by atoms with Crippen LogP contribution >= 0.6 is 0 Å². The highest BCUT2D eigenvalue weighted by molar-refractivity contribution is 5.82. The van der Waals surface area contributed by atoms with Gasteiger partial charge in [-0.15, -0.1) is 0 Å². The molecule has 1 atom stereocenters. The molecule has 122 valence electrons. The summed E-state index contributed by atoms with van der Waals surface area (Å²) in [5.41, 5.74) is 5.63. The number of rotatable bonds is 5. The van der Waals surface area contributed by atoms with E-state index in [1.165, 1.54) is 19.3 Å². The lowest BCUT2D eigenvalue weighted by Crippen LogP contribution is -2.55. The summed E-state index contributed by atoms with van der Waals surface area (Å²) in [6.07, 6.45) is 8.12. The van der Waals surface area contributed by atoms with Gasteiger partial charge >= 0.3 is 0 Å². The fraction of sp³-hybridized carbons (Fsp3) is 0.941. The standard InChI is InChI=1S/C17H33N3O/c1-3-15(7-10-18)19-11-13-20(14-12-19)16(21)17(2)8-5-4-6-9-17/h15H,3-14,18H2,1-2H3. The topological polar surface area (TPSA) is 49.6 Å². The zero-order chi connectivity index (χ0) is 15.3.